The maximum Gasteiger partial charge on any atom is 0.305 e. The number of nitrogens with zero attached hydrogens (tertiary/aromatic N) is 2. The van der Waals surface area contributed by atoms with E-state index in [9.17, 15) is 67.7 Å². The van der Waals surface area contributed by atoms with E-state index in [1.165, 1.54) is 23.6 Å². The lowest BCUT2D eigenvalue weighted by molar-refractivity contribution is -0.144. The van der Waals surface area contributed by atoms with Crippen molar-refractivity contribution in [3.8, 4) is 0 Å². The molecule has 470 valence electrons. The SMILES string of the molecule is CC(C)[C@H](NC(=O)[C@H](CC(=O)O)NC(=O)[C@@H](NC(=O)C1CCCN1C(=O)[C@@H](NC(=O)[C@@H](N)Cc1ccccc1)C(C)C)[C@@H](C)O)C(=O)NCC(=O)N[C@H]1C[C@H]2C[C@@H](c3ccccc3)C[C@@H](C(=O)N[C@@H](C)C(=O)N[C@@H](Cc3ccccc3)C(N)=O)N2C1=O. The quantitative estimate of drug-likeness (QED) is 0.0395. The van der Waals surface area contributed by atoms with Gasteiger partial charge in [0.15, 0.2) is 0 Å². The number of likely N-dealkylation sites (tertiary alicyclic amines) is 1. The molecule has 0 aliphatic carbocycles. The lowest BCUT2D eigenvalue weighted by Crippen LogP contribution is -2.62. The van der Waals surface area contributed by atoms with Gasteiger partial charge in [-0.1, -0.05) is 119 Å². The summed E-state index contributed by atoms with van der Waals surface area (Å²) < 4.78 is 0. The van der Waals surface area contributed by atoms with Crippen LogP contribution >= 0.6 is 0 Å². The zero-order chi connectivity index (χ0) is 63.8. The smallest absolute Gasteiger partial charge is 0.305 e. The topological polar surface area (TPSA) is 400 Å². The normalized spacial score (nSPS) is 20.9. The Kier molecular flexibility index (Phi) is 24.0. The standard InChI is InChI=1S/C61H82N12O14/c1-32(2)49(69-55(81)43(30-48(76)77)68-59(85)51(35(6)74)71-56(82)45-23-16-24-72(45)61(87)50(33(3)4)70-54(80)41(62)25-36-17-10-7-11-18-36)58(84)64-31-47(75)66-44-29-40-27-39(38-21-14-9-15-22-38)28-46(73(40)60(44)86)57(83)65-34(5)53(79)67-42(52(63)78)26-37-19-12-8-13-20-37/h7-15,17-22,32-35,39-46,49-51,74H,16,23-31,62H2,1-6H3,(H2,63,78)(H,64,84)(H,65,83)(H,66,75)(H,67,79)(H,68,85)(H,69,81)(H,70,80)(H,71,82)(H,76,77)/t34-,35+,39+,40+,41-,42-,43-,44-,45?,46-,49-,50-,51-/m0/s1. The van der Waals surface area contributed by atoms with Crippen LogP contribution in [0.1, 0.15) is 103 Å². The van der Waals surface area contributed by atoms with Crippen molar-refractivity contribution >= 4 is 70.9 Å². The molecule has 3 aliphatic rings. The van der Waals surface area contributed by atoms with Gasteiger partial charge in [-0.15, -0.1) is 0 Å². The number of aliphatic carboxylic acids is 1. The Morgan fingerprint density at radius 2 is 1.17 bits per heavy atom. The van der Waals surface area contributed by atoms with Gasteiger partial charge in [0.2, 0.25) is 65.0 Å². The molecule has 3 fully saturated rings. The van der Waals surface area contributed by atoms with E-state index in [0.29, 0.717) is 12.8 Å². The summed E-state index contributed by atoms with van der Waals surface area (Å²) in [6.45, 7) is 8.54. The summed E-state index contributed by atoms with van der Waals surface area (Å²) in [5, 5.41) is 40.8. The highest BCUT2D eigenvalue weighted by molar-refractivity contribution is 6.00. The van der Waals surface area contributed by atoms with Gasteiger partial charge in [0.05, 0.1) is 25.1 Å². The van der Waals surface area contributed by atoms with Crippen LogP contribution in [0.15, 0.2) is 91.0 Å². The van der Waals surface area contributed by atoms with Crippen molar-refractivity contribution in [2.75, 3.05) is 13.1 Å². The molecular formula is C61H82N12O14. The van der Waals surface area contributed by atoms with Gasteiger partial charge in [0.25, 0.3) is 0 Å². The molecule has 0 aromatic heterocycles. The fraction of sp³-hybridized carbons (Fsp3) is 0.508. The largest absolute Gasteiger partial charge is 0.481 e. The van der Waals surface area contributed by atoms with Crippen LogP contribution in [0.4, 0.5) is 0 Å². The number of amides is 11. The summed E-state index contributed by atoms with van der Waals surface area (Å²) in [5.41, 5.74) is 14.3. The second-order valence-corrected chi connectivity index (χ2v) is 23.3. The Labute approximate surface area is 504 Å². The average Bonchev–Trinajstić information content (AvgIpc) is 2.49. The average molecular weight is 1210 g/mol. The summed E-state index contributed by atoms with van der Waals surface area (Å²) >= 11 is 0. The highest BCUT2D eigenvalue weighted by Crippen LogP contribution is 2.40. The summed E-state index contributed by atoms with van der Waals surface area (Å²) in [6.07, 6.45) is -1.10. The third-order valence-corrected chi connectivity index (χ3v) is 15.9. The predicted molar refractivity (Wildman–Crippen MR) is 315 cm³/mol. The van der Waals surface area contributed by atoms with Crippen molar-refractivity contribution < 1.29 is 67.7 Å². The van der Waals surface area contributed by atoms with Crippen molar-refractivity contribution in [3.05, 3.63) is 108 Å². The number of benzene rings is 3. The van der Waals surface area contributed by atoms with E-state index in [2.05, 4.69) is 42.5 Å². The molecule has 0 spiro atoms. The number of aliphatic hydroxyl groups excluding tert-OH is 1. The van der Waals surface area contributed by atoms with E-state index in [0.717, 1.165) is 16.7 Å². The summed E-state index contributed by atoms with van der Waals surface area (Å²) in [7, 11) is 0. The van der Waals surface area contributed by atoms with Crippen LogP contribution in [-0.2, 0) is 70.4 Å². The Balaban J connectivity index is 1.05. The third kappa shape index (κ3) is 18.4. The first-order valence-corrected chi connectivity index (χ1v) is 29.3. The molecule has 3 aromatic carbocycles. The van der Waals surface area contributed by atoms with Crippen LogP contribution in [0, 0.1) is 11.8 Å². The Morgan fingerprint density at radius 1 is 0.609 bits per heavy atom. The third-order valence-electron chi connectivity index (χ3n) is 15.9. The van der Waals surface area contributed by atoms with Crippen molar-refractivity contribution in [1.82, 2.24) is 52.3 Å². The molecular weight excluding hydrogens is 1120 g/mol. The number of carboxylic acids is 1. The van der Waals surface area contributed by atoms with Gasteiger partial charge in [-0.3, -0.25) is 57.5 Å². The van der Waals surface area contributed by atoms with Gasteiger partial charge < -0.3 is 74.0 Å². The monoisotopic (exact) mass is 1210 g/mol. The van der Waals surface area contributed by atoms with Gasteiger partial charge in [0.1, 0.15) is 54.4 Å². The van der Waals surface area contributed by atoms with E-state index in [1.54, 1.807) is 70.2 Å². The molecule has 6 rings (SSSR count). The number of nitrogens with one attached hydrogen (secondary N) is 8. The fourth-order valence-electron chi connectivity index (χ4n) is 11.2. The van der Waals surface area contributed by atoms with Crippen LogP contribution in [0.25, 0.3) is 0 Å². The van der Waals surface area contributed by atoms with E-state index in [-0.39, 0.29) is 44.6 Å². The number of nitrogens with two attached hydrogens (primary N) is 2. The first kappa shape index (κ1) is 67.3. The molecule has 87 heavy (non-hydrogen) atoms. The van der Waals surface area contributed by atoms with Crippen molar-refractivity contribution in [2.24, 2.45) is 23.3 Å². The Hall–Kier alpha value is -8.78. The van der Waals surface area contributed by atoms with Gasteiger partial charge >= 0.3 is 5.97 Å². The molecule has 26 heteroatoms. The van der Waals surface area contributed by atoms with Crippen molar-refractivity contribution in [1.29, 1.82) is 0 Å². The summed E-state index contributed by atoms with van der Waals surface area (Å²) in [6, 6.07) is 14.0. The molecule has 3 saturated heterocycles. The van der Waals surface area contributed by atoms with Gasteiger partial charge in [0, 0.05) is 19.0 Å². The molecule has 11 amide bonds. The van der Waals surface area contributed by atoms with E-state index >= 15 is 0 Å². The molecule has 0 radical (unpaired) electrons. The van der Waals surface area contributed by atoms with Crippen LogP contribution in [-0.4, -0.2) is 177 Å². The minimum absolute atomic E-state index is 0.0902. The van der Waals surface area contributed by atoms with Gasteiger partial charge in [-0.2, -0.15) is 0 Å². The zero-order valence-corrected chi connectivity index (χ0v) is 49.7. The number of hydrogen-bond acceptors (Lipinski definition) is 14. The molecule has 26 nitrogen and oxygen atoms in total. The first-order chi connectivity index (χ1) is 41.2. The van der Waals surface area contributed by atoms with E-state index < -0.39 is 168 Å². The number of piperidine rings is 1. The summed E-state index contributed by atoms with van der Waals surface area (Å²) in [5.74, 6) is -11.6. The molecule has 0 bridgehead atoms. The number of carboxylic acid groups (broad SMARTS) is 1. The van der Waals surface area contributed by atoms with Crippen LogP contribution < -0.4 is 54.0 Å². The lowest BCUT2D eigenvalue weighted by Gasteiger charge is -2.41. The van der Waals surface area contributed by atoms with E-state index in [1.807, 2.05) is 48.5 Å². The lowest BCUT2D eigenvalue weighted by atomic mass is 9.81. The van der Waals surface area contributed by atoms with Crippen molar-refractivity contribution in [3.63, 3.8) is 0 Å². The number of primary amides is 1. The number of carbonyl (C=O) groups is 12. The number of aliphatic hydroxyl groups is 1. The maximum absolute atomic E-state index is 14.2. The first-order valence-electron chi connectivity index (χ1n) is 29.3. The number of fused-ring (bicyclic) bond motifs is 1. The maximum atomic E-state index is 14.2. The number of hydrogen-bond donors (Lipinski definition) is 12. The minimum atomic E-state index is -1.88. The highest BCUT2D eigenvalue weighted by Gasteiger charge is 2.51. The molecule has 3 aromatic rings. The van der Waals surface area contributed by atoms with Gasteiger partial charge in [-0.05, 0) is 86.8 Å². The minimum Gasteiger partial charge on any atom is -0.481 e. The number of carbonyl (C=O) groups excluding carboxylic acids is 11. The molecule has 1 unspecified atom stereocenters. The highest BCUT2D eigenvalue weighted by atomic mass is 16.4. The molecule has 13 atom stereocenters. The molecule has 14 N–H and O–H groups in total. The Bertz CT molecular complexity index is 2970. The number of rotatable bonds is 28. The molecule has 0 saturated carbocycles. The van der Waals surface area contributed by atoms with Crippen molar-refractivity contribution in [2.45, 2.75) is 171 Å². The Morgan fingerprint density at radius 3 is 1.75 bits per heavy atom. The van der Waals surface area contributed by atoms with Gasteiger partial charge in [-0.25, -0.2) is 0 Å². The summed E-state index contributed by atoms with van der Waals surface area (Å²) in [4.78, 5) is 165. The second kappa shape index (κ2) is 31.0. The van der Waals surface area contributed by atoms with Crippen LogP contribution in [0.5, 0.6) is 0 Å². The fourth-order valence-corrected chi connectivity index (χ4v) is 11.2. The molecule has 3 heterocycles. The molecule has 3 aliphatic heterocycles. The van der Waals surface area contributed by atoms with Crippen LogP contribution in [0.2, 0.25) is 0 Å². The van der Waals surface area contributed by atoms with E-state index in [4.69, 9.17) is 11.5 Å². The second-order valence-electron chi connectivity index (χ2n) is 23.3. The zero-order valence-electron chi connectivity index (χ0n) is 49.7. The van der Waals surface area contributed by atoms with Crippen LogP contribution in [0.3, 0.4) is 0 Å². The predicted octanol–water partition coefficient (Wildman–Crippen LogP) is -1.48.